The van der Waals surface area contributed by atoms with Crippen molar-refractivity contribution in [2.75, 3.05) is 18.9 Å². The molecule has 4 heterocycles. The Morgan fingerprint density at radius 1 is 1.18 bits per heavy atom. The van der Waals surface area contributed by atoms with Gasteiger partial charge in [0, 0.05) is 56.5 Å². The van der Waals surface area contributed by atoms with Gasteiger partial charge < -0.3 is 25.6 Å². The number of rotatable bonds is 6. The average molecular weight is 542 g/mol. The van der Waals surface area contributed by atoms with Gasteiger partial charge in [0.15, 0.2) is 17.4 Å². The number of anilines is 2. The summed E-state index contributed by atoms with van der Waals surface area (Å²) in [5.41, 5.74) is 1.89. The second-order valence-electron chi connectivity index (χ2n) is 8.98. The summed E-state index contributed by atoms with van der Waals surface area (Å²) in [5.74, 6) is -2.85. The molecule has 15 heteroatoms. The highest BCUT2D eigenvalue weighted by Gasteiger charge is 2.48. The standard InChI is InChI=1S/C24H21F3N8O4/c1-34-9-7-23(38,22(34)37)15-11-14(33-39-15)12-4-3-5-13(10-12)20-30-18(19(28)36)17(24(25,26)27)21(31-20)29-16-6-8-35(2)32-16/h3-6,8,10-11,38H,7,9H2,1-2H3,(H2,28,36)(H,29,30,31,32). The first-order valence-electron chi connectivity index (χ1n) is 11.5. The number of nitrogens with two attached hydrogens (primary N) is 1. The van der Waals surface area contributed by atoms with Gasteiger partial charge in [0.2, 0.25) is 5.60 Å². The number of likely N-dealkylation sites (N-methyl/N-ethyl adjacent to an activating group) is 1. The Labute approximate surface area is 218 Å². The predicted octanol–water partition coefficient (Wildman–Crippen LogP) is 2.44. The molecule has 5 rings (SSSR count). The van der Waals surface area contributed by atoms with Gasteiger partial charge in [-0.05, 0) is 6.07 Å². The van der Waals surface area contributed by atoms with Gasteiger partial charge in [-0.3, -0.25) is 14.3 Å². The van der Waals surface area contributed by atoms with Crippen LogP contribution in [0.25, 0.3) is 22.6 Å². The summed E-state index contributed by atoms with van der Waals surface area (Å²) in [5, 5.41) is 21.3. The lowest BCUT2D eigenvalue weighted by molar-refractivity contribution is -0.144. The van der Waals surface area contributed by atoms with Crippen LogP contribution in [-0.4, -0.2) is 60.3 Å². The minimum atomic E-state index is -5.01. The molecule has 0 bridgehead atoms. The first kappa shape index (κ1) is 25.8. The van der Waals surface area contributed by atoms with Crippen LogP contribution >= 0.6 is 0 Å². The Morgan fingerprint density at radius 2 is 1.92 bits per heavy atom. The van der Waals surface area contributed by atoms with Crippen LogP contribution < -0.4 is 11.1 Å². The number of amides is 2. The third-order valence-electron chi connectivity index (χ3n) is 6.23. The number of carbonyl (C=O) groups excluding carboxylic acids is 2. The zero-order chi connectivity index (χ0) is 28.1. The van der Waals surface area contributed by atoms with Gasteiger partial charge in [0.25, 0.3) is 11.8 Å². The minimum absolute atomic E-state index is 0.0408. The van der Waals surface area contributed by atoms with Crippen molar-refractivity contribution in [3.8, 4) is 22.6 Å². The fourth-order valence-corrected chi connectivity index (χ4v) is 4.24. The molecule has 0 spiro atoms. The van der Waals surface area contributed by atoms with Gasteiger partial charge >= 0.3 is 6.18 Å². The molecule has 202 valence electrons. The third-order valence-corrected chi connectivity index (χ3v) is 6.23. The number of alkyl halides is 3. The normalized spacial score (nSPS) is 17.6. The molecule has 1 saturated heterocycles. The lowest BCUT2D eigenvalue weighted by Gasteiger charge is -2.16. The van der Waals surface area contributed by atoms with Gasteiger partial charge in [0.1, 0.15) is 22.8 Å². The van der Waals surface area contributed by atoms with Gasteiger partial charge in [-0.2, -0.15) is 18.3 Å². The van der Waals surface area contributed by atoms with E-state index in [9.17, 15) is 27.9 Å². The molecule has 1 fully saturated rings. The molecule has 1 unspecified atom stereocenters. The summed E-state index contributed by atoms with van der Waals surface area (Å²) < 4.78 is 48.6. The monoisotopic (exact) mass is 542 g/mol. The summed E-state index contributed by atoms with van der Waals surface area (Å²) in [6.45, 7) is 0.336. The summed E-state index contributed by atoms with van der Waals surface area (Å²) in [4.78, 5) is 33.7. The van der Waals surface area contributed by atoms with Crippen molar-refractivity contribution in [2.24, 2.45) is 12.8 Å². The molecule has 3 aromatic heterocycles. The molecule has 1 atom stereocenters. The van der Waals surface area contributed by atoms with Gasteiger partial charge in [-0.1, -0.05) is 23.4 Å². The van der Waals surface area contributed by atoms with E-state index in [1.807, 2.05) is 0 Å². The van der Waals surface area contributed by atoms with Crippen LogP contribution in [0.15, 0.2) is 47.1 Å². The molecular formula is C24H21F3N8O4. The van der Waals surface area contributed by atoms with Crippen molar-refractivity contribution in [3.63, 3.8) is 0 Å². The van der Waals surface area contributed by atoms with Crippen molar-refractivity contribution >= 4 is 23.5 Å². The molecule has 1 aromatic carbocycles. The van der Waals surface area contributed by atoms with Gasteiger partial charge in [-0.25, -0.2) is 9.97 Å². The Kier molecular flexibility index (Phi) is 6.09. The third kappa shape index (κ3) is 4.67. The van der Waals surface area contributed by atoms with Crippen LogP contribution in [0.4, 0.5) is 24.8 Å². The molecular weight excluding hydrogens is 521 g/mol. The zero-order valence-corrected chi connectivity index (χ0v) is 20.5. The first-order valence-corrected chi connectivity index (χ1v) is 11.5. The van der Waals surface area contributed by atoms with E-state index in [-0.39, 0.29) is 35.1 Å². The molecule has 0 radical (unpaired) electrons. The number of benzene rings is 1. The van der Waals surface area contributed by atoms with E-state index in [1.54, 1.807) is 26.2 Å². The number of aliphatic hydroxyl groups is 1. The van der Waals surface area contributed by atoms with E-state index < -0.39 is 40.7 Å². The van der Waals surface area contributed by atoms with Crippen molar-refractivity contribution in [1.82, 2.24) is 29.8 Å². The second-order valence-corrected chi connectivity index (χ2v) is 8.98. The van der Waals surface area contributed by atoms with Crippen molar-refractivity contribution < 1.29 is 32.4 Å². The molecule has 2 amide bonds. The van der Waals surface area contributed by atoms with Crippen LogP contribution in [0, 0.1) is 0 Å². The molecule has 4 N–H and O–H groups in total. The number of halogens is 3. The quantitative estimate of drug-likeness (QED) is 0.332. The number of carbonyl (C=O) groups is 2. The number of nitrogens with one attached hydrogen (secondary N) is 1. The van der Waals surface area contributed by atoms with Crippen LogP contribution in [0.1, 0.15) is 28.2 Å². The Bertz CT molecular complexity index is 1600. The van der Waals surface area contributed by atoms with E-state index in [4.69, 9.17) is 10.3 Å². The average Bonchev–Trinajstić information content (AvgIpc) is 3.60. The fourth-order valence-electron chi connectivity index (χ4n) is 4.24. The highest BCUT2D eigenvalue weighted by atomic mass is 19.4. The van der Waals surface area contributed by atoms with E-state index >= 15 is 0 Å². The number of aromatic nitrogens is 5. The maximum absolute atomic E-state index is 14.0. The lowest BCUT2D eigenvalue weighted by atomic mass is 9.98. The van der Waals surface area contributed by atoms with Crippen LogP contribution in [-0.2, 0) is 23.6 Å². The number of nitrogens with zero attached hydrogens (tertiary/aromatic N) is 6. The van der Waals surface area contributed by atoms with Crippen molar-refractivity contribution in [1.29, 1.82) is 0 Å². The zero-order valence-electron chi connectivity index (χ0n) is 20.5. The van der Waals surface area contributed by atoms with E-state index in [0.717, 1.165) is 0 Å². The minimum Gasteiger partial charge on any atom is -0.373 e. The Morgan fingerprint density at radius 3 is 2.54 bits per heavy atom. The van der Waals surface area contributed by atoms with Gasteiger partial charge in [-0.15, -0.1) is 0 Å². The maximum Gasteiger partial charge on any atom is 0.422 e. The van der Waals surface area contributed by atoms with Crippen LogP contribution in [0.3, 0.4) is 0 Å². The summed E-state index contributed by atoms with van der Waals surface area (Å²) in [7, 11) is 3.14. The van der Waals surface area contributed by atoms with Crippen LogP contribution in [0.2, 0.25) is 0 Å². The number of hydrogen-bond acceptors (Lipinski definition) is 9. The number of primary amides is 1. The Balaban J connectivity index is 1.58. The lowest BCUT2D eigenvalue weighted by Crippen LogP contribution is -2.35. The predicted molar refractivity (Wildman–Crippen MR) is 129 cm³/mol. The SMILES string of the molecule is CN1CCC(O)(c2cc(-c3cccc(-c4nc(Nc5ccn(C)n5)c(C(F)(F)F)c(C(N)=O)n4)c3)no2)C1=O. The smallest absolute Gasteiger partial charge is 0.373 e. The molecule has 0 saturated carbocycles. The van der Waals surface area contributed by atoms with Gasteiger partial charge in [0.05, 0.1) is 0 Å². The molecule has 1 aliphatic heterocycles. The molecule has 39 heavy (non-hydrogen) atoms. The second kappa shape index (κ2) is 9.20. The topological polar surface area (TPSA) is 165 Å². The number of hydrogen-bond donors (Lipinski definition) is 3. The number of likely N-dealkylation sites (tertiary alicyclic amines) is 1. The molecule has 4 aromatic rings. The summed E-state index contributed by atoms with van der Waals surface area (Å²) in [6, 6.07) is 9.06. The Hall–Kier alpha value is -4.79. The van der Waals surface area contributed by atoms with E-state index in [2.05, 4.69) is 25.5 Å². The number of aryl methyl sites for hydroxylation is 1. The fraction of sp³-hybridized carbons (Fsp3) is 0.250. The summed E-state index contributed by atoms with van der Waals surface area (Å²) in [6.07, 6.45) is -3.38. The largest absolute Gasteiger partial charge is 0.422 e. The highest BCUT2D eigenvalue weighted by Crippen LogP contribution is 2.39. The summed E-state index contributed by atoms with van der Waals surface area (Å²) >= 11 is 0. The van der Waals surface area contributed by atoms with E-state index in [1.165, 1.54) is 40.0 Å². The van der Waals surface area contributed by atoms with E-state index in [0.29, 0.717) is 12.1 Å². The molecule has 1 aliphatic rings. The first-order chi connectivity index (χ1) is 18.4. The highest BCUT2D eigenvalue weighted by molar-refractivity contribution is 5.94. The maximum atomic E-state index is 14.0. The van der Waals surface area contributed by atoms with Crippen molar-refractivity contribution in [2.45, 2.75) is 18.2 Å². The molecule has 0 aliphatic carbocycles. The van der Waals surface area contributed by atoms with Crippen molar-refractivity contribution in [3.05, 3.63) is 59.6 Å². The molecule has 12 nitrogen and oxygen atoms in total. The van der Waals surface area contributed by atoms with Crippen LogP contribution in [0.5, 0.6) is 0 Å².